The number of carbonyl (C=O) groups is 1. The van der Waals surface area contributed by atoms with Crippen molar-refractivity contribution in [3.05, 3.63) is 59.9 Å². The number of aryl methyl sites for hydroxylation is 1. The number of imidazole rings is 1. The van der Waals surface area contributed by atoms with E-state index in [9.17, 15) is 4.79 Å². The summed E-state index contributed by atoms with van der Waals surface area (Å²) in [6.45, 7) is 5.96. The molecule has 2 aromatic carbocycles. The van der Waals surface area contributed by atoms with E-state index in [1.54, 1.807) is 31.4 Å². The van der Waals surface area contributed by atoms with Gasteiger partial charge in [0.1, 0.15) is 11.6 Å². The molecule has 0 aliphatic carbocycles. The van der Waals surface area contributed by atoms with E-state index >= 15 is 0 Å². The van der Waals surface area contributed by atoms with E-state index in [1.807, 2.05) is 18.2 Å². The number of nitrogens with one attached hydrogen (secondary N) is 1. The average molecular weight is 365 g/mol. The van der Waals surface area contributed by atoms with Crippen molar-refractivity contribution in [1.29, 1.82) is 0 Å². The number of fused-ring (bicyclic) bond motifs is 1. The van der Waals surface area contributed by atoms with E-state index in [-0.39, 0.29) is 5.91 Å². The second-order valence-corrected chi connectivity index (χ2v) is 7.09. The SMILES string of the molecule is COc1ccc(C(=O)NCCc2nc3ccccc3n2CCC(C)C)cc1. The fourth-order valence-corrected chi connectivity index (χ4v) is 3.09. The Hall–Kier alpha value is -2.82. The number of hydrogen-bond donors (Lipinski definition) is 1. The Morgan fingerprint density at radius 3 is 2.59 bits per heavy atom. The molecule has 0 saturated heterocycles. The van der Waals surface area contributed by atoms with Gasteiger partial charge in [-0.1, -0.05) is 26.0 Å². The monoisotopic (exact) mass is 365 g/mol. The van der Waals surface area contributed by atoms with Gasteiger partial charge in [0.25, 0.3) is 5.91 Å². The van der Waals surface area contributed by atoms with Gasteiger partial charge in [0.05, 0.1) is 18.1 Å². The van der Waals surface area contributed by atoms with Crippen molar-refractivity contribution in [2.24, 2.45) is 5.92 Å². The summed E-state index contributed by atoms with van der Waals surface area (Å²) in [5.74, 6) is 2.31. The third kappa shape index (κ3) is 4.67. The Labute approximate surface area is 160 Å². The molecule has 1 amide bonds. The van der Waals surface area contributed by atoms with Crippen molar-refractivity contribution in [2.45, 2.75) is 33.2 Å². The molecule has 0 aliphatic rings. The van der Waals surface area contributed by atoms with E-state index in [4.69, 9.17) is 9.72 Å². The van der Waals surface area contributed by atoms with Crippen LogP contribution in [0.3, 0.4) is 0 Å². The van der Waals surface area contributed by atoms with Crippen molar-refractivity contribution in [3.63, 3.8) is 0 Å². The lowest BCUT2D eigenvalue weighted by Crippen LogP contribution is -2.26. The van der Waals surface area contributed by atoms with Crippen LogP contribution in [-0.2, 0) is 13.0 Å². The molecule has 0 unspecified atom stereocenters. The first-order chi connectivity index (χ1) is 13.1. The molecule has 142 valence electrons. The number of methoxy groups -OCH3 is 1. The molecule has 5 nitrogen and oxygen atoms in total. The molecule has 0 bridgehead atoms. The van der Waals surface area contributed by atoms with Gasteiger partial charge >= 0.3 is 0 Å². The van der Waals surface area contributed by atoms with E-state index < -0.39 is 0 Å². The van der Waals surface area contributed by atoms with Crippen LogP contribution in [0.5, 0.6) is 5.75 Å². The van der Waals surface area contributed by atoms with Gasteiger partial charge in [-0.05, 0) is 48.7 Å². The highest BCUT2D eigenvalue weighted by Crippen LogP contribution is 2.18. The summed E-state index contributed by atoms with van der Waals surface area (Å²) in [7, 11) is 1.61. The largest absolute Gasteiger partial charge is 0.497 e. The molecule has 0 fully saturated rings. The fraction of sp³-hybridized carbons (Fsp3) is 0.364. The second kappa shape index (κ2) is 8.71. The molecule has 1 aromatic heterocycles. The lowest BCUT2D eigenvalue weighted by molar-refractivity contribution is 0.0954. The molecule has 3 aromatic rings. The molecule has 0 radical (unpaired) electrons. The van der Waals surface area contributed by atoms with Gasteiger partial charge < -0.3 is 14.6 Å². The highest BCUT2D eigenvalue weighted by Gasteiger charge is 2.12. The van der Waals surface area contributed by atoms with Gasteiger partial charge in [0, 0.05) is 25.1 Å². The zero-order chi connectivity index (χ0) is 19.2. The maximum absolute atomic E-state index is 12.3. The number of aromatic nitrogens is 2. The number of rotatable bonds is 8. The summed E-state index contributed by atoms with van der Waals surface area (Å²) < 4.78 is 7.41. The van der Waals surface area contributed by atoms with E-state index in [2.05, 4.69) is 29.8 Å². The maximum atomic E-state index is 12.3. The Bertz CT molecular complexity index is 898. The maximum Gasteiger partial charge on any atom is 0.251 e. The first kappa shape index (κ1) is 19.0. The zero-order valence-electron chi connectivity index (χ0n) is 16.2. The molecule has 0 atom stereocenters. The number of ether oxygens (including phenoxy) is 1. The molecule has 1 N–H and O–H groups in total. The molecular weight excluding hydrogens is 338 g/mol. The van der Waals surface area contributed by atoms with Crippen LogP contribution >= 0.6 is 0 Å². The summed E-state index contributed by atoms with van der Waals surface area (Å²) in [6, 6.07) is 15.3. The minimum absolute atomic E-state index is 0.0810. The third-order valence-electron chi connectivity index (χ3n) is 4.65. The van der Waals surface area contributed by atoms with Crippen LogP contribution in [-0.4, -0.2) is 29.1 Å². The van der Waals surface area contributed by atoms with E-state index in [1.165, 1.54) is 0 Å². The van der Waals surface area contributed by atoms with Crippen molar-refractivity contribution in [1.82, 2.24) is 14.9 Å². The van der Waals surface area contributed by atoms with Crippen LogP contribution in [0.15, 0.2) is 48.5 Å². The lowest BCUT2D eigenvalue weighted by atomic mass is 10.1. The number of benzene rings is 2. The molecule has 0 aliphatic heterocycles. The number of amides is 1. The number of carbonyl (C=O) groups excluding carboxylic acids is 1. The fourth-order valence-electron chi connectivity index (χ4n) is 3.09. The summed E-state index contributed by atoms with van der Waals surface area (Å²) in [4.78, 5) is 17.1. The average Bonchev–Trinajstić information content (AvgIpc) is 3.03. The molecule has 0 saturated carbocycles. The van der Waals surface area contributed by atoms with Gasteiger partial charge in [-0.2, -0.15) is 0 Å². The smallest absolute Gasteiger partial charge is 0.251 e. The normalized spacial score (nSPS) is 11.1. The predicted octanol–water partition coefficient (Wildman–Crippen LogP) is 4.06. The molecule has 0 spiro atoms. The summed E-state index contributed by atoms with van der Waals surface area (Å²) >= 11 is 0. The number of hydrogen-bond acceptors (Lipinski definition) is 3. The van der Waals surface area contributed by atoms with Gasteiger partial charge in [-0.3, -0.25) is 4.79 Å². The molecule has 1 heterocycles. The van der Waals surface area contributed by atoms with Crippen LogP contribution in [0.2, 0.25) is 0 Å². The first-order valence-electron chi connectivity index (χ1n) is 9.45. The van der Waals surface area contributed by atoms with Crippen LogP contribution < -0.4 is 10.1 Å². The number of para-hydroxylation sites is 2. The Kier molecular flexibility index (Phi) is 6.12. The van der Waals surface area contributed by atoms with Gasteiger partial charge in [0.15, 0.2) is 0 Å². The van der Waals surface area contributed by atoms with Gasteiger partial charge in [-0.15, -0.1) is 0 Å². The van der Waals surface area contributed by atoms with E-state index in [0.717, 1.165) is 35.6 Å². The standard InChI is InChI=1S/C22H27N3O2/c1-16(2)13-15-25-20-7-5-4-6-19(20)24-21(25)12-14-23-22(26)17-8-10-18(27-3)11-9-17/h4-11,16H,12-15H2,1-3H3,(H,23,26). The van der Waals surface area contributed by atoms with E-state index in [0.29, 0.717) is 24.4 Å². The van der Waals surface area contributed by atoms with Crippen molar-refractivity contribution < 1.29 is 9.53 Å². The van der Waals surface area contributed by atoms with Crippen molar-refractivity contribution in [2.75, 3.05) is 13.7 Å². The molecule has 27 heavy (non-hydrogen) atoms. The van der Waals surface area contributed by atoms with Crippen LogP contribution in [0.4, 0.5) is 0 Å². The Morgan fingerprint density at radius 1 is 1.15 bits per heavy atom. The molecular formula is C22H27N3O2. The van der Waals surface area contributed by atoms with Crippen LogP contribution in [0, 0.1) is 5.92 Å². The minimum atomic E-state index is -0.0810. The summed E-state index contributed by atoms with van der Waals surface area (Å²) in [5.41, 5.74) is 2.80. The summed E-state index contributed by atoms with van der Waals surface area (Å²) in [6.07, 6.45) is 1.81. The lowest BCUT2D eigenvalue weighted by Gasteiger charge is -2.11. The highest BCUT2D eigenvalue weighted by atomic mass is 16.5. The first-order valence-corrected chi connectivity index (χ1v) is 9.45. The zero-order valence-corrected chi connectivity index (χ0v) is 16.2. The summed E-state index contributed by atoms with van der Waals surface area (Å²) in [5, 5.41) is 2.99. The van der Waals surface area contributed by atoms with Crippen molar-refractivity contribution >= 4 is 16.9 Å². The van der Waals surface area contributed by atoms with Crippen LogP contribution in [0.25, 0.3) is 11.0 Å². The molecule has 3 rings (SSSR count). The second-order valence-electron chi connectivity index (χ2n) is 7.09. The van der Waals surface area contributed by atoms with Crippen LogP contribution in [0.1, 0.15) is 36.5 Å². The molecule has 5 heteroatoms. The third-order valence-corrected chi connectivity index (χ3v) is 4.65. The quantitative estimate of drug-likeness (QED) is 0.655. The highest BCUT2D eigenvalue weighted by molar-refractivity contribution is 5.94. The topological polar surface area (TPSA) is 56.1 Å². The van der Waals surface area contributed by atoms with Crippen molar-refractivity contribution in [3.8, 4) is 5.75 Å². The predicted molar refractivity (Wildman–Crippen MR) is 108 cm³/mol. The Morgan fingerprint density at radius 2 is 1.89 bits per heavy atom. The number of nitrogens with zero attached hydrogens (tertiary/aromatic N) is 2. The van der Waals surface area contributed by atoms with Gasteiger partial charge in [-0.25, -0.2) is 4.98 Å². The Balaban J connectivity index is 1.66. The minimum Gasteiger partial charge on any atom is -0.497 e. The van der Waals surface area contributed by atoms with Gasteiger partial charge in [0.2, 0.25) is 0 Å².